The highest BCUT2D eigenvalue weighted by atomic mass is 35.5. The molecule has 0 heterocycles. The van der Waals surface area contributed by atoms with Gasteiger partial charge in [-0.05, 0) is 38.1 Å². The van der Waals surface area contributed by atoms with Gasteiger partial charge in [-0.15, -0.1) is 18.3 Å². The molecule has 1 nitrogen and oxygen atoms in total. The summed E-state index contributed by atoms with van der Waals surface area (Å²) in [6.45, 7) is 3.74. The Morgan fingerprint density at radius 3 is 3.00 bits per heavy atom. The minimum atomic E-state index is 0.530. The molecule has 1 unspecified atom stereocenters. The highest BCUT2D eigenvalue weighted by molar-refractivity contribution is 7.99. The summed E-state index contributed by atoms with van der Waals surface area (Å²) in [5.41, 5.74) is 0. The summed E-state index contributed by atoms with van der Waals surface area (Å²) in [5, 5.41) is 4.12. The monoisotopic (exact) mass is 255 g/mol. The molecular weight excluding hydrogens is 238 g/mol. The second-order valence-electron chi connectivity index (χ2n) is 3.62. The maximum Gasteiger partial charge on any atom is 0.0417 e. The molecule has 1 aromatic carbocycles. The zero-order chi connectivity index (χ0) is 11.8. The number of thioether (sulfide) groups is 1. The Hall–Kier alpha value is -0.440. The molecule has 0 aliphatic carbocycles. The largest absolute Gasteiger partial charge is 0.316 e. The van der Waals surface area contributed by atoms with Gasteiger partial charge in [0.1, 0.15) is 0 Å². The Labute approximate surface area is 107 Å². The van der Waals surface area contributed by atoms with Crippen LogP contribution in [0, 0.1) is 0 Å². The highest BCUT2D eigenvalue weighted by Crippen LogP contribution is 2.22. The Morgan fingerprint density at radius 1 is 1.56 bits per heavy atom. The van der Waals surface area contributed by atoms with E-state index in [2.05, 4.69) is 18.0 Å². The molecule has 0 radical (unpaired) electrons. The van der Waals surface area contributed by atoms with Crippen LogP contribution in [-0.2, 0) is 0 Å². The molecular formula is C13H18ClNS. The van der Waals surface area contributed by atoms with Gasteiger partial charge >= 0.3 is 0 Å². The fourth-order valence-corrected chi connectivity index (χ4v) is 2.75. The van der Waals surface area contributed by atoms with Crippen molar-refractivity contribution in [1.29, 1.82) is 0 Å². The number of hydrogen-bond acceptors (Lipinski definition) is 2. The quantitative estimate of drug-likeness (QED) is 0.584. The molecule has 1 atom stereocenters. The van der Waals surface area contributed by atoms with Crippen molar-refractivity contribution in [2.24, 2.45) is 0 Å². The molecule has 0 saturated heterocycles. The number of halogens is 1. The van der Waals surface area contributed by atoms with Crippen LogP contribution in [0.4, 0.5) is 0 Å². The third kappa shape index (κ3) is 5.06. The topological polar surface area (TPSA) is 12.0 Å². The number of benzene rings is 1. The van der Waals surface area contributed by atoms with Crippen molar-refractivity contribution < 1.29 is 0 Å². The van der Waals surface area contributed by atoms with Gasteiger partial charge in [0.15, 0.2) is 0 Å². The molecule has 0 spiro atoms. The average Bonchev–Trinajstić information content (AvgIpc) is 2.29. The summed E-state index contributed by atoms with van der Waals surface area (Å²) in [4.78, 5) is 1.23. The molecule has 88 valence electrons. The van der Waals surface area contributed by atoms with Gasteiger partial charge in [0.05, 0.1) is 0 Å². The average molecular weight is 256 g/mol. The van der Waals surface area contributed by atoms with E-state index < -0.39 is 0 Å². The molecule has 1 aromatic rings. The first kappa shape index (κ1) is 13.6. The number of rotatable bonds is 7. The van der Waals surface area contributed by atoms with Crippen molar-refractivity contribution in [2.45, 2.75) is 23.8 Å². The van der Waals surface area contributed by atoms with Crippen LogP contribution >= 0.6 is 23.4 Å². The van der Waals surface area contributed by atoms with Crippen LogP contribution in [0.1, 0.15) is 12.8 Å². The zero-order valence-electron chi connectivity index (χ0n) is 9.58. The summed E-state index contributed by atoms with van der Waals surface area (Å²) < 4.78 is 0. The van der Waals surface area contributed by atoms with Crippen molar-refractivity contribution >= 4 is 23.4 Å². The molecule has 0 amide bonds. The van der Waals surface area contributed by atoms with E-state index in [4.69, 9.17) is 11.6 Å². The molecule has 1 rings (SSSR count). The van der Waals surface area contributed by atoms with Gasteiger partial charge in [-0.3, -0.25) is 0 Å². The van der Waals surface area contributed by atoms with Crippen LogP contribution < -0.4 is 5.32 Å². The second kappa shape index (κ2) is 7.77. The van der Waals surface area contributed by atoms with Gasteiger partial charge in [-0.25, -0.2) is 0 Å². The molecule has 3 heteroatoms. The first-order valence-corrected chi connectivity index (χ1v) is 6.79. The third-order valence-electron chi connectivity index (χ3n) is 2.37. The van der Waals surface area contributed by atoms with Crippen LogP contribution in [0.5, 0.6) is 0 Å². The van der Waals surface area contributed by atoms with Crippen molar-refractivity contribution in [3.63, 3.8) is 0 Å². The van der Waals surface area contributed by atoms with Crippen LogP contribution in [-0.4, -0.2) is 18.8 Å². The van der Waals surface area contributed by atoms with Gasteiger partial charge in [0.2, 0.25) is 0 Å². The van der Waals surface area contributed by atoms with Crippen LogP contribution in [0.15, 0.2) is 41.8 Å². The maximum absolute atomic E-state index is 5.94. The smallest absolute Gasteiger partial charge is 0.0417 e. The Morgan fingerprint density at radius 2 is 2.38 bits per heavy atom. The SMILES string of the molecule is C=CCCC(CSc1cccc(Cl)c1)NC. The van der Waals surface area contributed by atoms with E-state index in [1.807, 2.05) is 43.1 Å². The van der Waals surface area contributed by atoms with Crippen LogP contribution in [0.25, 0.3) is 0 Å². The lowest BCUT2D eigenvalue weighted by Gasteiger charge is -2.14. The summed E-state index contributed by atoms with van der Waals surface area (Å²) in [7, 11) is 2.01. The van der Waals surface area contributed by atoms with Crippen molar-refractivity contribution in [3.8, 4) is 0 Å². The van der Waals surface area contributed by atoms with E-state index >= 15 is 0 Å². The van der Waals surface area contributed by atoms with E-state index in [1.54, 1.807) is 0 Å². The third-order valence-corrected chi connectivity index (χ3v) is 3.77. The summed E-state index contributed by atoms with van der Waals surface area (Å²) in [6, 6.07) is 8.52. The van der Waals surface area contributed by atoms with Crippen LogP contribution in [0.2, 0.25) is 5.02 Å². The predicted octanol–water partition coefficient (Wildman–Crippen LogP) is 3.99. The van der Waals surface area contributed by atoms with Gasteiger partial charge < -0.3 is 5.32 Å². The van der Waals surface area contributed by atoms with Gasteiger partial charge in [0.25, 0.3) is 0 Å². The van der Waals surface area contributed by atoms with E-state index in [-0.39, 0.29) is 0 Å². The van der Waals surface area contributed by atoms with Crippen molar-refractivity contribution in [2.75, 3.05) is 12.8 Å². The lowest BCUT2D eigenvalue weighted by molar-refractivity contribution is 0.579. The summed E-state index contributed by atoms with van der Waals surface area (Å²) in [6.07, 6.45) is 4.16. The van der Waals surface area contributed by atoms with Crippen molar-refractivity contribution in [1.82, 2.24) is 5.32 Å². The van der Waals surface area contributed by atoms with Crippen molar-refractivity contribution in [3.05, 3.63) is 41.9 Å². The standard InChI is InChI=1S/C13H18ClNS/c1-3-4-7-12(15-2)10-16-13-8-5-6-11(14)9-13/h3,5-6,8-9,12,15H,1,4,7,10H2,2H3. The predicted molar refractivity (Wildman–Crippen MR) is 74.5 cm³/mol. The molecule has 0 bridgehead atoms. The number of allylic oxidation sites excluding steroid dienone is 1. The highest BCUT2D eigenvalue weighted by Gasteiger charge is 2.05. The fourth-order valence-electron chi connectivity index (χ4n) is 1.38. The minimum Gasteiger partial charge on any atom is -0.316 e. The van der Waals surface area contributed by atoms with Gasteiger partial charge in [0, 0.05) is 21.7 Å². The first-order valence-electron chi connectivity index (χ1n) is 5.42. The Kier molecular flexibility index (Phi) is 6.62. The Balaban J connectivity index is 2.39. The van der Waals surface area contributed by atoms with E-state index in [0.717, 1.165) is 23.6 Å². The molecule has 16 heavy (non-hydrogen) atoms. The fraction of sp³-hybridized carbons (Fsp3) is 0.385. The normalized spacial score (nSPS) is 12.4. The lowest BCUT2D eigenvalue weighted by Crippen LogP contribution is -2.27. The zero-order valence-corrected chi connectivity index (χ0v) is 11.2. The minimum absolute atomic E-state index is 0.530. The molecule has 0 fully saturated rings. The molecule has 1 N–H and O–H groups in total. The second-order valence-corrected chi connectivity index (χ2v) is 5.15. The molecule has 0 aliphatic heterocycles. The summed E-state index contributed by atoms with van der Waals surface area (Å²) >= 11 is 7.77. The molecule has 0 aromatic heterocycles. The first-order chi connectivity index (χ1) is 7.76. The van der Waals surface area contributed by atoms with E-state index in [1.165, 1.54) is 4.90 Å². The number of hydrogen-bond donors (Lipinski definition) is 1. The van der Waals surface area contributed by atoms with Crippen LogP contribution in [0.3, 0.4) is 0 Å². The van der Waals surface area contributed by atoms with Gasteiger partial charge in [-0.2, -0.15) is 0 Å². The molecule has 0 aliphatic rings. The maximum atomic E-state index is 5.94. The van der Waals surface area contributed by atoms with E-state index in [9.17, 15) is 0 Å². The number of nitrogens with one attached hydrogen (secondary N) is 1. The Bertz CT molecular complexity index is 327. The summed E-state index contributed by atoms with van der Waals surface area (Å²) in [5.74, 6) is 1.06. The van der Waals surface area contributed by atoms with E-state index in [0.29, 0.717) is 6.04 Å². The lowest BCUT2D eigenvalue weighted by atomic mass is 10.2. The molecule has 0 saturated carbocycles. The van der Waals surface area contributed by atoms with Gasteiger partial charge in [-0.1, -0.05) is 23.7 Å².